The Morgan fingerprint density at radius 3 is 2.40 bits per heavy atom. The van der Waals surface area contributed by atoms with Crippen LogP contribution in [-0.4, -0.2) is 32.9 Å². The lowest BCUT2D eigenvalue weighted by Gasteiger charge is -2.31. The molecular weight excluding hydrogens is 264 g/mol. The van der Waals surface area contributed by atoms with Gasteiger partial charge in [-0.15, -0.1) is 0 Å². The van der Waals surface area contributed by atoms with Crippen LogP contribution in [-0.2, 0) is 10.2 Å². The first-order valence-electron chi connectivity index (χ1n) is 6.80. The molecule has 0 unspecified atom stereocenters. The summed E-state index contributed by atoms with van der Waals surface area (Å²) in [7, 11) is 0. The first-order valence-corrected chi connectivity index (χ1v) is 6.80. The molecule has 1 aromatic carbocycles. The zero-order valence-electron chi connectivity index (χ0n) is 12.2. The standard InChI is InChI=1S/C15H21F2NO2/c1-15(2,3)11-4-5-12(13(10-11)20-14(16)17)18-6-8-19-9-7-18/h4-5,10,14H,6-9H2,1-3H3. The Labute approximate surface area is 118 Å². The first kappa shape index (κ1) is 15.0. The summed E-state index contributed by atoms with van der Waals surface area (Å²) in [5.74, 6) is 0.245. The van der Waals surface area contributed by atoms with Gasteiger partial charge < -0.3 is 14.4 Å². The summed E-state index contributed by atoms with van der Waals surface area (Å²) >= 11 is 0. The lowest BCUT2D eigenvalue weighted by molar-refractivity contribution is -0.0496. The molecule has 0 spiro atoms. The molecule has 1 saturated heterocycles. The van der Waals surface area contributed by atoms with Crippen LogP contribution >= 0.6 is 0 Å². The minimum Gasteiger partial charge on any atom is -0.433 e. The molecule has 0 aliphatic carbocycles. The van der Waals surface area contributed by atoms with E-state index in [2.05, 4.69) is 0 Å². The highest BCUT2D eigenvalue weighted by Crippen LogP contribution is 2.35. The van der Waals surface area contributed by atoms with E-state index in [-0.39, 0.29) is 11.2 Å². The van der Waals surface area contributed by atoms with Gasteiger partial charge in [-0.3, -0.25) is 0 Å². The monoisotopic (exact) mass is 285 g/mol. The van der Waals surface area contributed by atoms with Crippen molar-refractivity contribution in [3.63, 3.8) is 0 Å². The normalized spacial score (nSPS) is 16.6. The molecule has 0 saturated carbocycles. The van der Waals surface area contributed by atoms with E-state index >= 15 is 0 Å². The zero-order valence-corrected chi connectivity index (χ0v) is 12.2. The van der Waals surface area contributed by atoms with Crippen molar-refractivity contribution >= 4 is 5.69 Å². The topological polar surface area (TPSA) is 21.7 Å². The highest BCUT2D eigenvalue weighted by atomic mass is 19.3. The van der Waals surface area contributed by atoms with Gasteiger partial charge in [0.25, 0.3) is 0 Å². The van der Waals surface area contributed by atoms with Gasteiger partial charge in [-0.05, 0) is 23.1 Å². The van der Waals surface area contributed by atoms with Gasteiger partial charge in [-0.2, -0.15) is 8.78 Å². The summed E-state index contributed by atoms with van der Waals surface area (Å²) in [4.78, 5) is 2.02. The molecule has 5 heteroatoms. The van der Waals surface area contributed by atoms with E-state index in [1.165, 1.54) is 0 Å². The molecule has 2 rings (SSSR count). The highest BCUT2D eigenvalue weighted by molar-refractivity contribution is 5.60. The van der Waals surface area contributed by atoms with Crippen molar-refractivity contribution in [2.45, 2.75) is 32.8 Å². The van der Waals surface area contributed by atoms with Crippen LogP contribution in [0.3, 0.4) is 0 Å². The highest BCUT2D eigenvalue weighted by Gasteiger charge is 2.21. The van der Waals surface area contributed by atoms with Gasteiger partial charge in [-0.25, -0.2) is 0 Å². The minimum atomic E-state index is -2.81. The van der Waals surface area contributed by atoms with E-state index in [1.807, 2.05) is 37.8 Å². The lowest BCUT2D eigenvalue weighted by Crippen LogP contribution is -2.36. The number of morpholine rings is 1. The molecule has 0 bridgehead atoms. The second kappa shape index (κ2) is 5.95. The Hall–Kier alpha value is -1.36. The van der Waals surface area contributed by atoms with E-state index in [0.29, 0.717) is 32.0 Å². The Morgan fingerprint density at radius 1 is 1.20 bits per heavy atom. The van der Waals surface area contributed by atoms with Crippen LogP contribution in [0, 0.1) is 0 Å². The van der Waals surface area contributed by atoms with Gasteiger partial charge in [0.1, 0.15) is 5.75 Å². The largest absolute Gasteiger partial charge is 0.433 e. The summed E-state index contributed by atoms with van der Waals surface area (Å²) < 4.78 is 35.3. The predicted octanol–water partition coefficient (Wildman–Crippen LogP) is 3.42. The Bertz CT molecular complexity index is 452. The number of anilines is 1. The van der Waals surface area contributed by atoms with Crippen molar-refractivity contribution in [3.8, 4) is 5.75 Å². The summed E-state index contributed by atoms with van der Waals surface area (Å²) in [6.07, 6.45) is 0. The van der Waals surface area contributed by atoms with E-state index in [1.54, 1.807) is 6.07 Å². The molecule has 0 atom stereocenters. The van der Waals surface area contributed by atoms with Crippen LogP contribution in [0.1, 0.15) is 26.3 Å². The quantitative estimate of drug-likeness (QED) is 0.849. The summed E-state index contributed by atoms with van der Waals surface area (Å²) in [6.45, 7) is 5.91. The molecule has 112 valence electrons. The van der Waals surface area contributed by atoms with Crippen molar-refractivity contribution < 1.29 is 18.3 Å². The van der Waals surface area contributed by atoms with Crippen molar-refractivity contribution in [3.05, 3.63) is 23.8 Å². The van der Waals surface area contributed by atoms with E-state index < -0.39 is 6.61 Å². The maximum Gasteiger partial charge on any atom is 0.387 e. The Kier molecular flexibility index (Phi) is 4.48. The number of benzene rings is 1. The van der Waals surface area contributed by atoms with E-state index in [9.17, 15) is 8.78 Å². The van der Waals surface area contributed by atoms with Crippen LogP contribution in [0.2, 0.25) is 0 Å². The molecule has 0 aromatic heterocycles. The third-order valence-corrected chi connectivity index (χ3v) is 3.39. The Balaban J connectivity index is 2.34. The number of hydrogen-bond donors (Lipinski definition) is 0. The number of alkyl halides is 2. The summed E-state index contributed by atoms with van der Waals surface area (Å²) in [6, 6.07) is 5.56. The van der Waals surface area contributed by atoms with Gasteiger partial charge in [0.2, 0.25) is 0 Å². The molecule has 1 aliphatic heterocycles. The van der Waals surface area contributed by atoms with Gasteiger partial charge in [0.05, 0.1) is 18.9 Å². The molecular formula is C15H21F2NO2. The molecule has 1 aromatic rings. The second-order valence-corrected chi connectivity index (χ2v) is 5.91. The van der Waals surface area contributed by atoms with Gasteiger partial charge >= 0.3 is 6.61 Å². The van der Waals surface area contributed by atoms with Crippen LogP contribution < -0.4 is 9.64 Å². The lowest BCUT2D eigenvalue weighted by atomic mass is 9.87. The molecule has 20 heavy (non-hydrogen) atoms. The van der Waals surface area contributed by atoms with Crippen LogP contribution in [0.15, 0.2) is 18.2 Å². The first-order chi connectivity index (χ1) is 9.38. The molecule has 1 heterocycles. The van der Waals surface area contributed by atoms with Crippen LogP contribution in [0.4, 0.5) is 14.5 Å². The number of rotatable bonds is 3. The molecule has 0 radical (unpaired) electrons. The number of hydrogen-bond acceptors (Lipinski definition) is 3. The van der Waals surface area contributed by atoms with Gasteiger partial charge in [0, 0.05) is 13.1 Å². The van der Waals surface area contributed by atoms with Gasteiger partial charge in [0.15, 0.2) is 0 Å². The summed E-state index contributed by atoms with van der Waals surface area (Å²) in [5, 5.41) is 0. The maximum absolute atomic E-state index is 12.6. The van der Waals surface area contributed by atoms with Crippen LogP contribution in [0.25, 0.3) is 0 Å². The van der Waals surface area contributed by atoms with Crippen molar-refractivity contribution in [2.75, 3.05) is 31.2 Å². The fourth-order valence-electron chi connectivity index (χ4n) is 2.24. The van der Waals surface area contributed by atoms with E-state index in [0.717, 1.165) is 5.56 Å². The fraction of sp³-hybridized carbons (Fsp3) is 0.600. The van der Waals surface area contributed by atoms with Gasteiger partial charge in [-0.1, -0.05) is 26.8 Å². The number of ether oxygens (including phenoxy) is 2. The molecule has 0 amide bonds. The third-order valence-electron chi connectivity index (χ3n) is 3.39. The van der Waals surface area contributed by atoms with Crippen molar-refractivity contribution in [1.82, 2.24) is 0 Å². The second-order valence-electron chi connectivity index (χ2n) is 5.91. The Morgan fingerprint density at radius 2 is 1.85 bits per heavy atom. The minimum absolute atomic E-state index is 0.107. The average Bonchev–Trinajstić information content (AvgIpc) is 2.38. The molecule has 3 nitrogen and oxygen atoms in total. The van der Waals surface area contributed by atoms with Crippen molar-refractivity contribution in [2.24, 2.45) is 0 Å². The number of halogens is 2. The zero-order chi connectivity index (χ0) is 14.8. The van der Waals surface area contributed by atoms with Crippen LogP contribution in [0.5, 0.6) is 5.75 Å². The predicted molar refractivity (Wildman–Crippen MR) is 74.8 cm³/mol. The van der Waals surface area contributed by atoms with Crippen molar-refractivity contribution in [1.29, 1.82) is 0 Å². The molecule has 0 N–H and O–H groups in total. The fourth-order valence-corrected chi connectivity index (χ4v) is 2.24. The SMILES string of the molecule is CC(C)(C)c1ccc(N2CCOCC2)c(OC(F)F)c1. The number of nitrogens with zero attached hydrogens (tertiary/aromatic N) is 1. The molecule has 1 aliphatic rings. The third kappa shape index (κ3) is 3.60. The average molecular weight is 285 g/mol. The molecule has 1 fully saturated rings. The smallest absolute Gasteiger partial charge is 0.387 e. The maximum atomic E-state index is 12.6. The van der Waals surface area contributed by atoms with E-state index in [4.69, 9.17) is 9.47 Å². The summed E-state index contributed by atoms with van der Waals surface area (Å²) in [5.41, 5.74) is 1.58.